The van der Waals surface area contributed by atoms with Crippen LogP contribution in [-0.2, 0) is 14.3 Å². The number of rotatable bonds is 5. The molecule has 0 radical (unpaired) electrons. The number of hydrogen-bond donors (Lipinski definition) is 1. The lowest BCUT2D eigenvalue weighted by molar-refractivity contribution is -0.160. The summed E-state index contributed by atoms with van der Waals surface area (Å²) in [6.45, 7) is 4.56. The third-order valence-electron chi connectivity index (χ3n) is 4.00. The highest BCUT2D eigenvalue weighted by Crippen LogP contribution is 2.12. The molecule has 0 aromatic carbocycles. The predicted octanol–water partition coefficient (Wildman–Crippen LogP) is 2.20. The van der Waals surface area contributed by atoms with Gasteiger partial charge in [0.2, 0.25) is 0 Å². The molecule has 2 rings (SSSR count). The van der Waals surface area contributed by atoms with Crippen LogP contribution in [0.25, 0.3) is 0 Å². The third-order valence-corrected chi connectivity index (χ3v) is 4.87. The minimum atomic E-state index is -0.836. The number of hydrogen-bond acceptors (Lipinski definition) is 5. The van der Waals surface area contributed by atoms with Gasteiger partial charge in [-0.2, -0.15) is 0 Å². The lowest BCUT2D eigenvalue weighted by Gasteiger charge is -2.24. The Hall–Kier alpha value is -1.89. The molecule has 24 heavy (non-hydrogen) atoms. The van der Waals surface area contributed by atoms with Gasteiger partial charge in [-0.15, -0.1) is 11.3 Å². The number of carbonyl (C=O) groups is 3. The summed E-state index contributed by atoms with van der Waals surface area (Å²) in [4.78, 5) is 38.7. The molecule has 1 saturated heterocycles. The molecule has 0 spiro atoms. The first-order valence-electron chi connectivity index (χ1n) is 8.32. The van der Waals surface area contributed by atoms with Crippen LogP contribution < -0.4 is 5.32 Å². The van der Waals surface area contributed by atoms with E-state index in [0.717, 1.165) is 25.7 Å². The molecule has 2 unspecified atom stereocenters. The first-order chi connectivity index (χ1) is 11.5. The average Bonchev–Trinajstić information content (AvgIpc) is 2.97. The van der Waals surface area contributed by atoms with Crippen molar-refractivity contribution in [3.63, 3.8) is 0 Å². The van der Waals surface area contributed by atoms with E-state index in [4.69, 9.17) is 4.74 Å². The average molecular weight is 352 g/mol. The summed E-state index contributed by atoms with van der Waals surface area (Å²) < 4.78 is 5.24. The van der Waals surface area contributed by atoms with Crippen LogP contribution in [0.5, 0.6) is 0 Å². The maximum absolute atomic E-state index is 12.4. The second kappa shape index (κ2) is 8.82. The molecule has 6 nitrogen and oxygen atoms in total. The Morgan fingerprint density at radius 1 is 1.17 bits per heavy atom. The largest absolute Gasteiger partial charge is 0.451 e. The summed E-state index contributed by atoms with van der Waals surface area (Å²) in [7, 11) is 0. The zero-order valence-electron chi connectivity index (χ0n) is 14.1. The highest BCUT2D eigenvalue weighted by atomic mass is 32.1. The third kappa shape index (κ3) is 5.06. The van der Waals surface area contributed by atoms with Crippen LogP contribution in [-0.4, -0.2) is 47.9 Å². The number of carbonyl (C=O) groups excluding carboxylic acids is 3. The van der Waals surface area contributed by atoms with E-state index >= 15 is 0 Å². The topological polar surface area (TPSA) is 75.7 Å². The van der Waals surface area contributed by atoms with Crippen molar-refractivity contribution in [3.8, 4) is 0 Å². The van der Waals surface area contributed by atoms with Crippen molar-refractivity contribution in [3.05, 3.63) is 22.4 Å². The summed E-state index contributed by atoms with van der Waals surface area (Å²) in [5, 5.41) is 4.38. The van der Waals surface area contributed by atoms with Crippen molar-refractivity contribution >= 4 is 29.1 Å². The molecular weight excluding hydrogens is 328 g/mol. The maximum Gasteiger partial charge on any atom is 0.329 e. The fourth-order valence-corrected chi connectivity index (χ4v) is 3.24. The van der Waals surface area contributed by atoms with Gasteiger partial charge >= 0.3 is 5.97 Å². The second-order valence-corrected chi connectivity index (χ2v) is 6.94. The van der Waals surface area contributed by atoms with Crippen LogP contribution in [0.4, 0.5) is 0 Å². The Morgan fingerprint density at radius 2 is 1.83 bits per heavy atom. The van der Waals surface area contributed by atoms with E-state index in [9.17, 15) is 14.4 Å². The molecule has 7 heteroatoms. The lowest BCUT2D eigenvalue weighted by atomic mass is 10.2. The highest BCUT2D eigenvalue weighted by molar-refractivity contribution is 7.12. The Morgan fingerprint density at radius 3 is 2.42 bits per heavy atom. The van der Waals surface area contributed by atoms with Gasteiger partial charge in [-0.3, -0.25) is 9.59 Å². The zero-order valence-corrected chi connectivity index (χ0v) is 14.9. The molecule has 0 aliphatic carbocycles. The van der Waals surface area contributed by atoms with E-state index in [2.05, 4.69) is 5.32 Å². The number of nitrogens with zero attached hydrogens (tertiary/aromatic N) is 1. The molecule has 2 atom stereocenters. The van der Waals surface area contributed by atoms with Gasteiger partial charge in [-0.05, 0) is 38.1 Å². The van der Waals surface area contributed by atoms with Crippen molar-refractivity contribution in [1.82, 2.24) is 10.2 Å². The zero-order chi connectivity index (χ0) is 17.5. The molecular formula is C17H24N2O4S. The standard InChI is InChI=1S/C17H24N2O4S/c1-12(18-15(20)14-8-7-11-24-14)17(22)23-13(2)16(21)19-9-5-3-4-6-10-19/h7-8,11-13H,3-6,9-10H2,1-2H3,(H,18,20). The monoisotopic (exact) mass is 352 g/mol. The highest BCUT2D eigenvalue weighted by Gasteiger charge is 2.27. The van der Waals surface area contributed by atoms with Crippen LogP contribution >= 0.6 is 11.3 Å². The van der Waals surface area contributed by atoms with Crippen LogP contribution in [0.1, 0.15) is 49.2 Å². The summed E-state index contributed by atoms with van der Waals surface area (Å²) in [5.41, 5.74) is 0. The number of thiophene rings is 1. The smallest absolute Gasteiger partial charge is 0.329 e. The Kier molecular flexibility index (Phi) is 6.78. The van der Waals surface area contributed by atoms with Crippen molar-refractivity contribution in [2.75, 3.05) is 13.1 Å². The maximum atomic E-state index is 12.4. The minimum Gasteiger partial charge on any atom is -0.451 e. The molecule has 1 N–H and O–H groups in total. The van der Waals surface area contributed by atoms with Gasteiger partial charge in [0.05, 0.1) is 4.88 Å². The molecule has 1 aliphatic heterocycles. The number of nitrogens with one attached hydrogen (secondary N) is 1. The van der Waals surface area contributed by atoms with Crippen LogP contribution in [0, 0.1) is 0 Å². The first-order valence-corrected chi connectivity index (χ1v) is 9.20. The molecule has 132 valence electrons. The summed E-state index contributed by atoms with van der Waals surface area (Å²) in [6.07, 6.45) is 3.39. The van der Waals surface area contributed by atoms with E-state index in [-0.39, 0.29) is 11.8 Å². The van der Waals surface area contributed by atoms with Crippen molar-refractivity contribution in [2.24, 2.45) is 0 Å². The SMILES string of the molecule is CC(NC(=O)c1cccs1)C(=O)OC(C)C(=O)N1CCCCCC1. The van der Waals surface area contributed by atoms with E-state index in [1.54, 1.807) is 36.3 Å². The van der Waals surface area contributed by atoms with E-state index in [0.29, 0.717) is 18.0 Å². The molecule has 1 aromatic heterocycles. The van der Waals surface area contributed by atoms with Crippen LogP contribution in [0.15, 0.2) is 17.5 Å². The molecule has 1 fully saturated rings. The fraction of sp³-hybridized carbons (Fsp3) is 0.588. The van der Waals surface area contributed by atoms with Gasteiger partial charge in [0.15, 0.2) is 6.10 Å². The quantitative estimate of drug-likeness (QED) is 0.824. The molecule has 0 bridgehead atoms. The normalized spacial score (nSPS) is 17.5. The fourth-order valence-electron chi connectivity index (χ4n) is 2.61. The Balaban J connectivity index is 1.83. The van der Waals surface area contributed by atoms with Gasteiger partial charge in [-0.25, -0.2) is 4.79 Å². The van der Waals surface area contributed by atoms with Crippen molar-refractivity contribution in [2.45, 2.75) is 51.7 Å². The summed E-state index contributed by atoms with van der Waals surface area (Å²) in [5.74, 6) is -1.08. The first kappa shape index (κ1) is 18.4. The van der Waals surface area contributed by atoms with Crippen LogP contribution in [0.3, 0.4) is 0 Å². The van der Waals surface area contributed by atoms with Crippen molar-refractivity contribution in [1.29, 1.82) is 0 Å². The molecule has 2 amide bonds. The van der Waals surface area contributed by atoms with Crippen molar-refractivity contribution < 1.29 is 19.1 Å². The van der Waals surface area contributed by atoms with Gasteiger partial charge in [0.1, 0.15) is 6.04 Å². The van der Waals surface area contributed by atoms with Gasteiger partial charge in [0.25, 0.3) is 11.8 Å². The van der Waals surface area contributed by atoms with E-state index in [1.165, 1.54) is 11.3 Å². The van der Waals surface area contributed by atoms with E-state index < -0.39 is 18.1 Å². The Bertz CT molecular complexity index is 565. The molecule has 2 heterocycles. The van der Waals surface area contributed by atoms with Gasteiger partial charge in [-0.1, -0.05) is 18.9 Å². The number of ether oxygens (including phenoxy) is 1. The minimum absolute atomic E-state index is 0.165. The predicted molar refractivity (Wildman–Crippen MR) is 91.8 cm³/mol. The molecule has 1 aliphatic rings. The summed E-state index contributed by atoms with van der Waals surface area (Å²) >= 11 is 1.30. The van der Waals surface area contributed by atoms with E-state index in [1.807, 2.05) is 0 Å². The summed E-state index contributed by atoms with van der Waals surface area (Å²) in [6, 6.07) is 2.65. The van der Waals surface area contributed by atoms with Gasteiger partial charge < -0.3 is 15.0 Å². The number of esters is 1. The van der Waals surface area contributed by atoms with Crippen LogP contribution in [0.2, 0.25) is 0 Å². The second-order valence-electron chi connectivity index (χ2n) is 5.99. The van der Waals surface area contributed by atoms with Gasteiger partial charge in [0, 0.05) is 13.1 Å². The molecule has 0 saturated carbocycles. The molecule has 1 aromatic rings. The lowest BCUT2D eigenvalue weighted by Crippen LogP contribution is -2.44. The number of amides is 2. The number of likely N-dealkylation sites (tertiary alicyclic amines) is 1. The Labute approximate surface area is 146 Å².